The number of amides is 1. The number of piperidine rings is 2. The number of carbonyl (C=O) groups is 2. The molecule has 0 bridgehead atoms. The summed E-state index contributed by atoms with van der Waals surface area (Å²) in [6, 6.07) is 9.65. The summed E-state index contributed by atoms with van der Waals surface area (Å²) in [4.78, 5) is 27.6. The van der Waals surface area contributed by atoms with E-state index in [4.69, 9.17) is 4.74 Å². The quantitative estimate of drug-likeness (QED) is 0.912. The Bertz CT molecular complexity index is 598. The number of nitrogens with one attached hydrogen (secondary N) is 1. The van der Waals surface area contributed by atoms with Gasteiger partial charge >= 0.3 is 6.09 Å². The van der Waals surface area contributed by atoms with Crippen LogP contribution >= 0.6 is 0 Å². The molecule has 1 amide bonds. The topological polar surface area (TPSA) is 58.6 Å². The first-order valence-corrected chi connectivity index (χ1v) is 9.34. The van der Waals surface area contributed by atoms with E-state index in [1.54, 1.807) is 4.90 Å². The van der Waals surface area contributed by atoms with Gasteiger partial charge in [0.15, 0.2) is 5.78 Å². The van der Waals surface area contributed by atoms with Gasteiger partial charge in [-0.1, -0.05) is 30.3 Å². The van der Waals surface area contributed by atoms with Crippen molar-refractivity contribution in [3.05, 3.63) is 35.9 Å². The molecule has 0 radical (unpaired) electrons. The Morgan fingerprint density at radius 2 is 1.92 bits per heavy atom. The minimum atomic E-state index is -0.728. The molecular formula is C20H28N2O3. The molecule has 2 saturated heterocycles. The van der Waals surface area contributed by atoms with Crippen LogP contribution in [-0.2, 0) is 16.1 Å². The van der Waals surface area contributed by atoms with Crippen LogP contribution in [-0.4, -0.2) is 41.9 Å². The average molecular weight is 344 g/mol. The molecule has 2 fully saturated rings. The monoisotopic (exact) mass is 344 g/mol. The van der Waals surface area contributed by atoms with Gasteiger partial charge in [0.25, 0.3) is 0 Å². The number of nitrogens with zero attached hydrogens (tertiary/aromatic N) is 1. The van der Waals surface area contributed by atoms with E-state index >= 15 is 0 Å². The number of ether oxygens (including phenoxy) is 1. The van der Waals surface area contributed by atoms with Crippen molar-refractivity contribution in [2.24, 2.45) is 5.92 Å². The first-order chi connectivity index (χ1) is 12.1. The summed E-state index contributed by atoms with van der Waals surface area (Å²) in [6.45, 7) is 4.53. The van der Waals surface area contributed by atoms with Crippen molar-refractivity contribution in [2.75, 3.05) is 19.6 Å². The average Bonchev–Trinajstić information content (AvgIpc) is 2.67. The van der Waals surface area contributed by atoms with Gasteiger partial charge in [0.1, 0.15) is 12.1 Å². The number of carbonyl (C=O) groups excluding carboxylic acids is 2. The smallest absolute Gasteiger partial charge is 0.410 e. The molecule has 0 aromatic heterocycles. The van der Waals surface area contributed by atoms with E-state index in [0.717, 1.165) is 50.8 Å². The predicted octanol–water partition coefficient (Wildman–Crippen LogP) is 3.14. The zero-order valence-electron chi connectivity index (χ0n) is 15.0. The molecule has 1 unspecified atom stereocenters. The van der Waals surface area contributed by atoms with Gasteiger partial charge in [0.05, 0.1) is 0 Å². The summed E-state index contributed by atoms with van der Waals surface area (Å²) in [6.07, 6.45) is 4.00. The molecule has 5 heteroatoms. The van der Waals surface area contributed by atoms with Crippen LogP contribution in [0.4, 0.5) is 4.79 Å². The van der Waals surface area contributed by atoms with E-state index in [2.05, 4.69) is 5.32 Å². The molecule has 0 aliphatic carbocycles. The molecule has 2 aliphatic heterocycles. The molecule has 1 atom stereocenters. The van der Waals surface area contributed by atoms with Gasteiger partial charge in [-0.3, -0.25) is 9.69 Å². The van der Waals surface area contributed by atoms with Gasteiger partial charge in [0, 0.05) is 12.5 Å². The van der Waals surface area contributed by atoms with Crippen LogP contribution in [0.5, 0.6) is 0 Å². The molecule has 2 aliphatic rings. The Morgan fingerprint density at radius 1 is 1.20 bits per heavy atom. The normalized spacial score (nSPS) is 24.8. The lowest BCUT2D eigenvalue weighted by Crippen LogP contribution is -2.59. The summed E-state index contributed by atoms with van der Waals surface area (Å²) in [5, 5.41) is 3.30. The summed E-state index contributed by atoms with van der Waals surface area (Å²) in [5.74, 6) is 0.263. The highest BCUT2D eigenvalue weighted by molar-refractivity contribution is 5.93. The molecule has 1 N–H and O–H groups in total. The Labute approximate surface area is 149 Å². The lowest BCUT2D eigenvalue weighted by Gasteiger charge is -2.44. The van der Waals surface area contributed by atoms with E-state index in [1.165, 1.54) is 0 Å². The largest absolute Gasteiger partial charge is 0.445 e. The number of benzene rings is 1. The maximum atomic E-state index is 13.2. The summed E-state index contributed by atoms with van der Waals surface area (Å²) >= 11 is 0. The second-order valence-electron chi connectivity index (χ2n) is 7.31. The molecule has 2 heterocycles. The fourth-order valence-electron chi connectivity index (χ4n) is 3.99. The lowest BCUT2D eigenvalue weighted by molar-refractivity contribution is -0.136. The fraction of sp³-hybridized carbons (Fsp3) is 0.600. The van der Waals surface area contributed by atoms with Crippen LogP contribution in [0.3, 0.4) is 0 Å². The third-order valence-electron chi connectivity index (χ3n) is 5.56. The van der Waals surface area contributed by atoms with Crippen LogP contribution in [0, 0.1) is 5.92 Å². The molecule has 3 rings (SSSR count). The Hall–Kier alpha value is -1.88. The molecule has 1 aromatic rings. The first kappa shape index (κ1) is 17.9. The van der Waals surface area contributed by atoms with Crippen LogP contribution < -0.4 is 5.32 Å². The van der Waals surface area contributed by atoms with Gasteiger partial charge in [0.2, 0.25) is 0 Å². The summed E-state index contributed by atoms with van der Waals surface area (Å²) in [7, 11) is 0. The third-order valence-corrected chi connectivity index (χ3v) is 5.56. The number of ketones is 1. The molecule has 0 saturated carbocycles. The highest BCUT2D eigenvalue weighted by atomic mass is 16.6. The number of Topliss-reactive ketones (excluding diaryl/α,β-unsaturated/α-hetero) is 1. The van der Waals surface area contributed by atoms with Crippen molar-refractivity contribution in [1.82, 2.24) is 10.2 Å². The van der Waals surface area contributed by atoms with Gasteiger partial charge in [-0.25, -0.2) is 4.79 Å². The van der Waals surface area contributed by atoms with Gasteiger partial charge in [-0.15, -0.1) is 0 Å². The van der Waals surface area contributed by atoms with Crippen LogP contribution in [0.25, 0.3) is 0 Å². The van der Waals surface area contributed by atoms with E-state index in [0.29, 0.717) is 6.54 Å². The van der Waals surface area contributed by atoms with Crippen molar-refractivity contribution < 1.29 is 14.3 Å². The second kappa shape index (κ2) is 8.00. The zero-order chi connectivity index (χ0) is 17.7. The van der Waals surface area contributed by atoms with E-state index in [9.17, 15) is 9.59 Å². The number of likely N-dealkylation sites (tertiary alicyclic amines) is 1. The minimum absolute atomic E-state index is 0.0498. The van der Waals surface area contributed by atoms with E-state index in [1.807, 2.05) is 37.3 Å². The van der Waals surface area contributed by atoms with Crippen molar-refractivity contribution in [2.45, 2.75) is 51.2 Å². The number of hydrogen-bond acceptors (Lipinski definition) is 4. The molecule has 0 spiro atoms. The molecular weight excluding hydrogens is 316 g/mol. The maximum Gasteiger partial charge on any atom is 0.410 e. The molecule has 136 valence electrons. The molecule has 1 aromatic carbocycles. The lowest BCUT2D eigenvalue weighted by atomic mass is 9.77. The fourth-order valence-corrected chi connectivity index (χ4v) is 3.99. The Morgan fingerprint density at radius 3 is 2.64 bits per heavy atom. The maximum absolute atomic E-state index is 13.2. The zero-order valence-corrected chi connectivity index (χ0v) is 15.0. The summed E-state index contributed by atoms with van der Waals surface area (Å²) < 4.78 is 5.52. The van der Waals surface area contributed by atoms with E-state index < -0.39 is 5.54 Å². The number of rotatable bonds is 4. The predicted molar refractivity (Wildman–Crippen MR) is 96.2 cm³/mol. The van der Waals surface area contributed by atoms with Gasteiger partial charge in [-0.05, 0) is 57.7 Å². The first-order valence-electron chi connectivity index (χ1n) is 9.34. The molecule has 25 heavy (non-hydrogen) atoms. The van der Waals surface area contributed by atoms with Crippen LogP contribution in [0.1, 0.15) is 44.6 Å². The highest BCUT2D eigenvalue weighted by Gasteiger charge is 2.46. The van der Waals surface area contributed by atoms with Crippen molar-refractivity contribution in [3.63, 3.8) is 0 Å². The Kier molecular flexibility index (Phi) is 5.74. The van der Waals surface area contributed by atoms with Gasteiger partial charge in [-0.2, -0.15) is 0 Å². The molecule has 5 nitrogen and oxygen atoms in total. The van der Waals surface area contributed by atoms with E-state index in [-0.39, 0.29) is 24.4 Å². The third kappa shape index (κ3) is 4.03. The minimum Gasteiger partial charge on any atom is -0.445 e. The van der Waals surface area contributed by atoms with Gasteiger partial charge < -0.3 is 10.1 Å². The van der Waals surface area contributed by atoms with Crippen LogP contribution in [0.2, 0.25) is 0 Å². The summed E-state index contributed by atoms with van der Waals surface area (Å²) in [5.41, 5.74) is 0.229. The van der Waals surface area contributed by atoms with Crippen LogP contribution in [0.15, 0.2) is 30.3 Å². The second-order valence-corrected chi connectivity index (χ2v) is 7.31. The Balaban J connectivity index is 1.68. The van der Waals surface area contributed by atoms with Crippen molar-refractivity contribution in [1.29, 1.82) is 0 Å². The van der Waals surface area contributed by atoms with Crippen molar-refractivity contribution in [3.8, 4) is 0 Å². The SMILES string of the molecule is CC1(C(=O)C2CCNCC2)CCCCN1C(=O)OCc1ccccc1. The van der Waals surface area contributed by atoms with Crippen molar-refractivity contribution >= 4 is 11.9 Å². The number of hydrogen-bond donors (Lipinski definition) is 1. The standard InChI is InChI=1S/C20H28N2O3/c1-20(18(23)17-9-12-21-13-10-17)11-5-6-14-22(20)19(24)25-15-16-7-3-2-4-8-16/h2-4,7-8,17,21H,5-6,9-15H2,1H3. The highest BCUT2D eigenvalue weighted by Crippen LogP contribution is 2.34.